The summed E-state index contributed by atoms with van der Waals surface area (Å²) < 4.78 is 0. The molecule has 0 unspecified atom stereocenters. The van der Waals surface area contributed by atoms with E-state index in [0.29, 0.717) is 0 Å². The quantitative estimate of drug-likeness (QED) is 0.383. The normalized spacial score (nSPS) is 4.80. The molecule has 0 fully saturated rings. The van der Waals surface area contributed by atoms with E-state index in [4.69, 9.17) is 30.6 Å². The van der Waals surface area contributed by atoms with Crippen molar-refractivity contribution in [1.82, 2.24) is 0 Å². The number of rotatable bonds is 0. The topological polar surface area (TPSA) is 158 Å². The predicted molar refractivity (Wildman–Crippen MR) is 21.2 cm³/mol. The van der Waals surface area contributed by atoms with Crippen molar-refractivity contribution in [3.8, 4) is 0 Å². The summed E-state index contributed by atoms with van der Waals surface area (Å²) in [7, 11) is 0. The summed E-state index contributed by atoms with van der Waals surface area (Å²) in [4.78, 5) is 16.7. The summed E-state index contributed by atoms with van der Waals surface area (Å²) in [5, 5.41) is 27.3. The third-order valence-electron chi connectivity index (χ3n) is 0. The van der Waals surface area contributed by atoms with Gasteiger partial charge in [0.1, 0.15) is 0 Å². The van der Waals surface area contributed by atoms with Gasteiger partial charge in [-0.1, -0.05) is 0 Å². The Hall–Kier alpha value is -0.757. The minimum Gasteiger partial charge on any atom is -0.412 e. The molecule has 0 heterocycles. The molecule has 0 aromatic heterocycles. The maximum atomic E-state index is 8.36. The van der Waals surface area contributed by atoms with Crippen LogP contribution in [0, 0.1) is 20.2 Å². The van der Waals surface area contributed by atoms with Gasteiger partial charge in [0, 0.05) is 26.2 Å². The van der Waals surface area contributed by atoms with E-state index in [-0.39, 0.29) is 31.7 Å². The van der Waals surface area contributed by atoms with Gasteiger partial charge in [-0.25, -0.2) is 0 Å². The fourth-order valence-electron chi connectivity index (χ4n) is 0. The maximum absolute atomic E-state index is 8.36. The fraction of sp³-hybridized carbons (Fsp3) is 0. The average molecular weight is 235 g/mol. The van der Waals surface area contributed by atoms with Crippen LogP contribution < -0.4 is 0 Å². The number of hydrogen-bond donors (Lipinski definition) is 2. The van der Waals surface area contributed by atoms with Crippen LogP contribution in [0.25, 0.3) is 0 Å². The van der Waals surface area contributed by atoms with Crippen molar-refractivity contribution < 1.29 is 52.3 Å². The SMILES string of the molecule is O.O=[N+]([O-])O.O=[N+]([O-])O.[Zr]. The Morgan fingerprint density at radius 3 is 1.00 bits per heavy atom. The first kappa shape index (κ1) is 22.8. The van der Waals surface area contributed by atoms with E-state index in [1.165, 1.54) is 0 Å². The van der Waals surface area contributed by atoms with Crippen molar-refractivity contribution in [2.24, 2.45) is 0 Å². The summed E-state index contributed by atoms with van der Waals surface area (Å²) in [5.41, 5.74) is 0. The molecule has 9 nitrogen and oxygen atoms in total. The smallest absolute Gasteiger partial charge is 0.291 e. The van der Waals surface area contributed by atoms with Gasteiger partial charge < -0.3 is 15.9 Å². The number of nitrogens with zero attached hydrogens (tertiary/aromatic N) is 2. The van der Waals surface area contributed by atoms with Gasteiger partial charge in [-0.05, 0) is 0 Å². The molecule has 0 rings (SSSR count). The van der Waals surface area contributed by atoms with Crippen LogP contribution in [0.2, 0.25) is 0 Å². The molecule has 0 saturated carbocycles. The summed E-state index contributed by atoms with van der Waals surface area (Å²) in [6.07, 6.45) is 0. The van der Waals surface area contributed by atoms with Gasteiger partial charge in [0.15, 0.2) is 0 Å². The van der Waals surface area contributed by atoms with Gasteiger partial charge in [0.05, 0.1) is 0 Å². The van der Waals surface area contributed by atoms with Crippen LogP contribution in [0.5, 0.6) is 0 Å². The molecule has 0 aromatic carbocycles. The van der Waals surface area contributed by atoms with Crippen LogP contribution in [0.4, 0.5) is 0 Å². The predicted octanol–water partition coefficient (Wildman–Crippen LogP) is -1.52. The van der Waals surface area contributed by atoms with E-state index in [0.717, 1.165) is 0 Å². The Balaban J connectivity index is -0.0000000300. The summed E-state index contributed by atoms with van der Waals surface area (Å²) in [5.74, 6) is 0. The molecular formula is H4N2O7Zr. The molecule has 0 radical (unpaired) electrons. The monoisotopic (exact) mass is 234 g/mol. The zero-order valence-electron chi connectivity index (χ0n) is 4.42. The molecule has 0 aliphatic carbocycles. The summed E-state index contributed by atoms with van der Waals surface area (Å²) >= 11 is 0. The third-order valence-corrected chi connectivity index (χ3v) is 0. The maximum Gasteiger partial charge on any atom is 0.291 e. The average Bonchev–Trinajstić information content (AvgIpc) is 1.25. The fourth-order valence-corrected chi connectivity index (χ4v) is 0. The van der Waals surface area contributed by atoms with Crippen LogP contribution in [0.1, 0.15) is 0 Å². The van der Waals surface area contributed by atoms with Gasteiger partial charge in [-0.3, -0.25) is 0 Å². The first-order chi connectivity index (χ1) is 3.46. The molecule has 0 amide bonds. The van der Waals surface area contributed by atoms with Crippen molar-refractivity contribution in [3.05, 3.63) is 20.2 Å². The zero-order valence-corrected chi connectivity index (χ0v) is 6.88. The molecule has 0 aliphatic heterocycles. The minimum absolute atomic E-state index is 0. The zero-order chi connectivity index (χ0) is 7.15. The van der Waals surface area contributed by atoms with Crippen LogP contribution >= 0.6 is 0 Å². The molecule has 0 aromatic rings. The first-order valence-corrected chi connectivity index (χ1v) is 1.13. The third kappa shape index (κ3) is 493. The van der Waals surface area contributed by atoms with Crippen LogP contribution in [0.15, 0.2) is 0 Å². The van der Waals surface area contributed by atoms with Crippen molar-refractivity contribution in [2.75, 3.05) is 0 Å². The Morgan fingerprint density at radius 2 is 1.00 bits per heavy atom. The standard InChI is InChI=1S/2HNO3.H2O.Zr/c2*2-1(3)4;;/h2*(H,2,3,4);1H2;. The molecule has 0 atom stereocenters. The van der Waals surface area contributed by atoms with Gasteiger partial charge in [-0.15, -0.1) is 20.2 Å². The molecular weight excluding hydrogens is 231 g/mol. The molecule has 0 aliphatic rings. The second-order valence-corrected chi connectivity index (χ2v) is 0.476. The van der Waals surface area contributed by atoms with Gasteiger partial charge >= 0.3 is 0 Å². The van der Waals surface area contributed by atoms with Gasteiger partial charge in [-0.2, -0.15) is 0 Å². The van der Waals surface area contributed by atoms with Crippen LogP contribution in [0.3, 0.4) is 0 Å². The summed E-state index contributed by atoms with van der Waals surface area (Å²) in [6.45, 7) is 0. The van der Waals surface area contributed by atoms with E-state index in [9.17, 15) is 0 Å². The van der Waals surface area contributed by atoms with E-state index in [1.807, 2.05) is 0 Å². The van der Waals surface area contributed by atoms with E-state index >= 15 is 0 Å². The van der Waals surface area contributed by atoms with Crippen molar-refractivity contribution in [2.45, 2.75) is 0 Å². The largest absolute Gasteiger partial charge is 0.412 e. The minimum atomic E-state index is -1.50. The van der Waals surface area contributed by atoms with Gasteiger partial charge in [0.2, 0.25) is 0 Å². The Labute approximate surface area is 72.9 Å². The van der Waals surface area contributed by atoms with Crippen molar-refractivity contribution >= 4 is 0 Å². The number of hydrogen-bond acceptors (Lipinski definition) is 4. The first-order valence-electron chi connectivity index (χ1n) is 1.13. The second kappa shape index (κ2) is 15.7. The molecule has 60 valence electrons. The van der Waals surface area contributed by atoms with E-state index in [2.05, 4.69) is 0 Å². The molecule has 0 spiro atoms. The van der Waals surface area contributed by atoms with Crippen molar-refractivity contribution in [1.29, 1.82) is 0 Å². The molecule has 10 heteroatoms. The van der Waals surface area contributed by atoms with Crippen LogP contribution in [-0.4, -0.2) is 26.1 Å². The van der Waals surface area contributed by atoms with Crippen LogP contribution in [-0.2, 0) is 26.2 Å². The van der Waals surface area contributed by atoms with E-state index < -0.39 is 10.2 Å². The van der Waals surface area contributed by atoms with E-state index in [1.54, 1.807) is 0 Å². The van der Waals surface area contributed by atoms with Crippen molar-refractivity contribution in [3.63, 3.8) is 0 Å². The Bertz CT molecular complexity index is 69.6. The Morgan fingerprint density at radius 1 is 1.00 bits per heavy atom. The molecule has 4 N–H and O–H groups in total. The molecule has 0 bridgehead atoms. The summed E-state index contributed by atoms with van der Waals surface area (Å²) in [6, 6.07) is 0. The molecule has 10 heavy (non-hydrogen) atoms. The molecule has 0 saturated heterocycles. The second-order valence-electron chi connectivity index (χ2n) is 0.476. The van der Waals surface area contributed by atoms with Gasteiger partial charge in [0.25, 0.3) is 10.2 Å². The Kier molecular flexibility index (Phi) is 35.9.